The zero-order chi connectivity index (χ0) is 20.3. The molecule has 0 aromatic heterocycles. The van der Waals surface area contributed by atoms with Gasteiger partial charge in [-0.2, -0.15) is 0 Å². The van der Waals surface area contributed by atoms with Gasteiger partial charge in [-0.25, -0.2) is 0 Å². The Morgan fingerprint density at radius 3 is 1.39 bits per heavy atom. The number of carbonyl (C=O) groups excluding carboxylic acids is 2. The normalized spacial score (nSPS) is 11.9. The molecule has 4 nitrogen and oxygen atoms in total. The fraction of sp³-hybridized carbons (Fsp3) is 0.913. The fourth-order valence-electron chi connectivity index (χ4n) is 3.40. The van der Waals surface area contributed by atoms with Crippen LogP contribution in [0.5, 0.6) is 0 Å². The molecule has 5 heteroatoms. The van der Waals surface area contributed by atoms with E-state index in [-0.39, 0.29) is 41.4 Å². The van der Waals surface area contributed by atoms with E-state index >= 15 is 0 Å². The number of rotatable bonds is 19. The molecule has 1 atom stereocenters. The maximum absolute atomic E-state index is 11.8. The number of hydrogen-bond acceptors (Lipinski definition) is 3. The molecule has 0 aromatic rings. The molecule has 0 spiro atoms. The third-order valence-corrected chi connectivity index (χ3v) is 5.24. The molecule has 0 aliphatic heterocycles. The molecule has 1 N–H and O–H groups in total. The number of carboxylic acid groups (broad SMARTS) is 1. The Morgan fingerprint density at radius 1 is 0.714 bits per heavy atom. The summed E-state index contributed by atoms with van der Waals surface area (Å²) in [5.74, 6) is -1.53. The van der Waals surface area contributed by atoms with Crippen LogP contribution in [0.4, 0.5) is 0 Å². The van der Waals surface area contributed by atoms with Crippen LogP contribution in [0.1, 0.15) is 124 Å². The second-order valence-corrected chi connectivity index (χ2v) is 8.31. The van der Waals surface area contributed by atoms with Crippen LogP contribution in [0.25, 0.3) is 0 Å². The van der Waals surface area contributed by atoms with Crippen molar-refractivity contribution in [3.05, 3.63) is 0 Å². The topological polar surface area (TPSA) is 69.2 Å². The second-order valence-electron chi connectivity index (χ2n) is 8.31. The minimum Gasteiger partial charge on any atom is -0.548 e. The summed E-state index contributed by atoms with van der Waals surface area (Å²) in [7, 11) is 0. The van der Waals surface area contributed by atoms with Gasteiger partial charge in [0.15, 0.2) is 0 Å². The van der Waals surface area contributed by atoms with Gasteiger partial charge in [-0.3, -0.25) is 4.79 Å². The van der Waals surface area contributed by atoms with Crippen LogP contribution in [0.15, 0.2) is 0 Å². The van der Waals surface area contributed by atoms with Crippen LogP contribution >= 0.6 is 0 Å². The van der Waals surface area contributed by atoms with Crippen LogP contribution in [0.2, 0.25) is 0 Å². The van der Waals surface area contributed by atoms with E-state index in [1.54, 1.807) is 13.8 Å². The molecule has 160 valence electrons. The fourth-order valence-corrected chi connectivity index (χ4v) is 3.40. The summed E-state index contributed by atoms with van der Waals surface area (Å²) in [4.78, 5) is 22.8. The Hall–Kier alpha value is -0.0600. The van der Waals surface area contributed by atoms with Crippen molar-refractivity contribution in [2.75, 3.05) is 0 Å². The van der Waals surface area contributed by atoms with E-state index in [0.29, 0.717) is 6.42 Å². The molecule has 0 aliphatic rings. The number of aliphatic carboxylic acids is 1. The van der Waals surface area contributed by atoms with E-state index in [1.165, 1.54) is 83.5 Å². The maximum Gasteiger partial charge on any atom is 1.00 e. The van der Waals surface area contributed by atoms with Crippen molar-refractivity contribution in [2.24, 2.45) is 5.92 Å². The quantitative estimate of drug-likeness (QED) is 0.264. The zero-order valence-electron chi connectivity index (χ0n) is 19.2. The minimum atomic E-state index is -1.20. The van der Waals surface area contributed by atoms with Gasteiger partial charge in [-0.1, -0.05) is 111 Å². The van der Waals surface area contributed by atoms with E-state index < -0.39 is 12.0 Å². The summed E-state index contributed by atoms with van der Waals surface area (Å²) < 4.78 is 0. The van der Waals surface area contributed by atoms with Gasteiger partial charge >= 0.3 is 29.6 Å². The molecule has 0 heterocycles. The van der Waals surface area contributed by atoms with E-state index in [2.05, 4.69) is 12.2 Å². The first-order valence-electron chi connectivity index (χ1n) is 11.5. The Kier molecular flexibility index (Phi) is 23.3. The van der Waals surface area contributed by atoms with Gasteiger partial charge in [-0.15, -0.1) is 0 Å². The SMILES string of the molecule is CCCCCCCCCCCCCCCCCC(=O)NC(C(=O)[O-])C(C)C.[Na+]. The molecule has 0 aromatic carbocycles. The first kappa shape index (κ1) is 30.1. The molecule has 1 amide bonds. The van der Waals surface area contributed by atoms with Crippen molar-refractivity contribution >= 4 is 11.9 Å². The van der Waals surface area contributed by atoms with Gasteiger partial charge in [0.05, 0.1) is 12.0 Å². The van der Waals surface area contributed by atoms with Crippen molar-refractivity contribution in [3.8, 4) is 0 Å². The molecule has 28 heavy (non-hydrogen) atoms. The largest absolute Gasteiger partial charge is 1.00 e. The monoisotopic (exact) mass is 405 g/mol. The summed E-state index contributed by atoms with van der Waals surface area (Å²) in [6, 6.07) is -0.881. The van der Waals surface area contributed by atoms with Gasteiger partial charge < -0.3 is 15.2 Å². The number of nitrogens with one attached hydrogen (secondary N) is 1. The molecule has 0 aliphatic carbocycles. The number of hydrogen-bond donors (Lipinski definition) is 1. The van der Waals surface area contributed by atoms with Gasteiger partial charge in [-0.05, 0) is 12.3 Å². The van der Waals surface area contributed by atoms with Crippen LogP contribution in [-0.4, -0.2) is 17.9 Å². The van der Waals surface area contributed by atoms with Crippen LogP contribution in [-0.2, 0) is 9.59 Å². The smallest absolute Gasteiger partial charge is 0.548 e. The Labute approximate surface area is 196 Å². The third-order valence-electron chi connectivity index (χ3n) is 5.24. The summed E-state index contributed by atoms with van der Waals surface area (Å²) in [6.07, 6.45) is 19.8. The van der Waals surface area contributed by atoms with E-state index in [9.17, 15) is 14.7 Å². The average Bonchev–Trinajstić information content (AvgIpc) is 2.62. The number of amides is 1. The van der Waals surface area contributed by atoms with Crippen molar-refractivity contribution < 1.29 is 44.3 Å². The molecular weight excluding hydrogens is 361 g/mol. The molecule has 0 saturated heterocycles. The summed E-state index contributed by atoms with van der Waals surface area (Å²) in [6.45, 7) is 5.81. The molecule has 0 saturated carbocycles. The Balaban J connectivity index is 0. The van der Waals surface area contributed by atoms with Gasteiger partial charge in [0, 0.05) is 6.42 Å². The van der Waals surface area contributed by atoms with Crippen molar-refractivity contribution in [1.29, 1.82) is 0 Å². The minimum absolute atomic E-state index is 0. The van der Waals surface area contributed by atoms with Crippen LogP contribution < -0.4 is 40.0 Å². The van der Waals surface area contributed by atoms with Crippen LogP contribution in [0.3, 0.4) is 0 Å². The molecule has 1 unspecified atom stereocenters. The summed E-state index contributed by atoms with van der Waals surface area (Å²) in [5.41, 5.74) is 0. The number of carbonyl (C=O) groups is 2. The van der Waals surface area contributed by atoms with Crippen LogP contribution in [0, 0.1) is 5.92 Å². The van der Waals surface area contributed by atoms with E-state index in [1.807, 2.05) is 0 Å². The molecule has 0 radical (unpaired) electrons. The van der Waals surface area contributed by atoms with Crippen molar-refractivity contribution in [2.45, 2.75) is 130 Å². The van der Waals surface area contributed by atoms with E-state index in [4.69, 9.17) is 0 Å². The summed E-state index contributed by atoms with van der Waals surface area (Å²) >= 11 is 0. The number of unbranched alkanes of at least 4 members (excludes halogenated alkanes) is 14. The summed E-state index contributed by atoms with van der Waals surface area (Å²) in [5, 5.41) is 13.5. The van der Waals surface area contributed by atoms with Gasteiger partial charge in [0.2, 0.25) is 5.91 Å². The van der Waals surface area contributed by atoms with Crippen molar-refractivity contribution in [3.63, 3.8) is 0 Å². The van der Waals surface area contributed by atoms with Gasteiger partial charge in [0.1, 0.15) is 0 Å². The zero-order valence-corrected chi connectivity index (χ0v) is 21.2. The molecule has 0 bridgehead atoms. The molecular formula is C23H44NNaO3. The first-order chi connectivity index (χ1) is 13.0. The number of carboxylic acids is 1. The van der Waals surface area contributed by atoms with Gasteiger partial charge in [0.25, 0.3) is 0 Å². The first-order valence-corrected chi connectivity index (χ1v) is 11.5. The van der Waals surface area contributed by atoms with Crippen molar-refractivity contribution in [1.82, 2.24) is 5.32 Å². The second kappa shape index (κ2) is 21.6. The van der Waals surface area contributed by atoms with E-state index in [0.717, 1.165) is 12.8 Å². The standard InChI is InChI=1S/C23H45NO3.Na/c1-4-5-6-7-8-9-10-11-12-13-14-15-16-17-18-19-21(25)24-22(20(2)3)23(26)27;/h20,22H,4-19H2,1-3H3,(H,24,25)(H,26,27);/q;+1/p-1. The molecule has 0 rings (SSSR count). The predicted molar refractivity (Wildman–Crippen MR) is 111 cm³/mol. The predicted octanol–water partition coefficient (Wildman–Crippen LogP) is 2.14. The molecule has 0 fully saturated rings. The Bertz CT molecular complexity index is 375. The Morgan fingerprint density at radius 2 is 1.07 bits per heavy atom. The third kappa shape index (κ3) is 19.3. The maximum atomic E-state index is 11.8. The average molecular weight is 406 g/mol.